The summed E-state index contributed by atoms with van der Waals surface area (Å²) in [6.07, 6.45) is 6.17. The molecule has 0 fully saturated rings. The summed E-state index contributed by atoms with van der Waals surface area (Å²) in [6, 6.07) is 5.92. The first-order valence-electron chi connectivity index (χ1n) is 10.6. The van der Waals surface area contributed by atoms with Crippen LogP contribution in [0.4, 0.5) is 3.89 Å². The molecule has 0 saturated heterocycles. The van der Waals surface area contributed by atoms with Crippen molar-refractivity contribution in [3.8, 4) is 17.2 Å². The molecule has 0 aromatic heterocycles. The summed E-state index contributed by atoms with van der Waals surface area (Å²) in [5.41, 5.74) is 6.77. The first-order valence-corrected chi connectivity index (χ1v) is 11.3. The van der Waals surface area contributed by atoms with Crippen LogP contribution < -0.4 is 14.2 Å². The van der Waals surface area contributed by atoms with Crippen LogP contribution in [0.2, 0.25) is 0 Å². The predicted octanol–water partition coefficient (Wildman–Crippen LogP) is 6.64. The number of hydrogen-bond donors (Lipinski definition) is 0. The second kappa shape index (κ2) is 7.33. The molecule has 0 spiro atoms. The zero-order valence-electron chi connectivity index (χ0n) is 18.4. The molecule has 162 valence electrons. The van der Waals surface area contributed by atoms with Gasteiger partial charge in [0.1, 0.15) is 5.75 Å². The molecule has 2 aromatic rings. The van der Waals surface area contributed by atoms with Crippen molar-refractivity contribution >= 4 is 23.8 Å². The molecule has 1 aliphatic heterocycles. The fraction of sp³-hybridized carbons (Fsp3) is 0.385. The van der Waals surface area contributed by atoms with E-state index in [0.717, 1.165) is 40.9 Å². The van der Waals surface area contributed by atoms with Gasteiger partial charge in [-0.15, -0.1) is 0 Å². The van der Waals surface area contributed by atoms with Crippen LogP contribution in [0.5, 0.6) is 17.2 Å². The fourth-order valence-electron chi connectivity index (χ4n) is 5.42. The molecule has 0 saturated carbocycles. The van der Waals surface area contributed by atoms with E-state index in [0.29, 0.717) is 35.1 Å². The highest BCUT2D eigenvalue weighted by atomic mass is 32.2. The maximum absolute atomic E-state index is 14.0. The highest BCUT2D eigenvalue weighted by Crippen LogP contribution is 2.54. The van der Waals surface area contributed by atoms with Crippen LogP contribution in [-0.4, -0.2) is 20.8 Å². The van der Waals surface area contributed by atoms with Crippen molar-refractivity contribution < 1.29 is 18.1 Å². The standard InChI is InChI=1S/C26H27FO3S/c1-14-17-10-24(31-27)20-12-26(2,3)7-6-16(20)18(17)8-15-13-30-21-11-23(29-5)22(28-4)9-19(21)25(14)15/h6-7,9-11,15,25H,1,8,12-13H2,2-5H3/t15-,25-/m1/s1. The Labute approximate surface area is 187 Å². The quantitative estimate of drug-likeness (QED) is 0.537. The topological polar surface area (TPSA) is 27.7 Å². The van der Waals surface area contributed by atoms with Gasteiger partial charge in [-0.1, -0.05) is 32.6 Å². The fourth-order valence-corrected chi connectivity index (χ4v) is 5.85. The summed E-state index contributed by atoms with van der Waals surface area (Å²) in [6.45, 7) is 9.52. The SMILES string of the molecule is C=C1c2cc(SF)c3c(c2C[C@@H]2COc4cc(OC)c(OC)cc4[C@H]12)C=CC(C)(C)C3. The zero-order valence-corrected chi connectivity index (χ0v) is 19.2. The summed E-state index contributed by atoms with van der Waals surface area (Å²) in [5.74, 6) is 2.53. The predicted molar refractivity (Wildman–Crippen MR) is 124 cm³/mol. The molecule has 3 nitrogen and oxygen atoms in total. The smallest absolute Gasteiger partial charge is 0.164 e. The minimum Gasteiger partial charge on any atom is -0.493 e. The van der Waals surface area contributed by atoms with Crippen LogP contribution in [0, 0.1) is 11.3 Å². The molecular formula is C26H27FO3S. The highest BCUT2D eigenvalue weighted by molar-refractivity contribution is 7.94. The van der Waals surface area contributed by atoms with Gasteiger partial charge in [0.2, 0.25) is 0 Å². The van der Waals surface area contributed by atoms with Crippen LogP contribution in [0.25, 0.3) is 11.6 Å². The first kappa shape index (κ1) is 20.5. The van der Waals surface area contributed by atoms with Crippen molar-refractivity contribution in [2.75, 3.05) is 20.8 Å². The summed E-state index contributed by atoms with van der Waals surface area (Å²) in [7, 11) is 3.26. The monoisotopic (exact) mass is 438 g/mol. The third-order valence-corrected chi connectivity index (χ3v) is 7.46. The van der Waals surface area contributed by atoms with E-state index in [2.05, 4.69) is 32.6 Å². The van der Waals surface area contributed by atoms with Crippen molar-refractivity contribution in [1.82, 2.24) is 0 Å². The summed E-state index contributed by atoms with van der Waals surface area (Å²) >= 11 is 0.349. The third kappa shape index (κ3) is 3.16. The Kier molecular flexibility index (Phi) is 4.85. The Morgan fingerprint density at radius 3 is 2.58 bits per heavy atom. The lowest BCUT2D eigenvalue weighted by molar-refractivity contribution is 0.205. The van der Waals surface area contributed by atoms with Gasteiger partial charge in [-0.3, -0.25) is 0 Å². The summed E-state index contributed by atoms with van der Waals surface area (Å²) in [5, 5.41) is 0. The van der Waals surface area contributed by atoms with Crippen LogP contribution in [-0.2, 0) is 12.8 Å². The van der Waals surface area contributed by atoms with Gasteiger partial charge in [0.25, 0.3) is 0 Å². The van der Waals surface area contributed by atoms with E-state index in [1.54, 1.807) is 14.2 Å². The van der Waals surface area contributed by atoms with E-state index in [-0.39, 0.29) is 17.3 Å². The molecule has 0 bridgehead atoms. The molecule has 2 aliphatic carbocycles. The molecule has 0 N–H and O–H groups in total. The maximum Gasteiger partial charge on any atom is 0.164 e. The molecule has 2 atom stereocenters. The van der Waals surface area contributed by atoms with E-state index in [4.69, 9.17) is 14.2 Å². The number of methoxy groups -OCH3 is 2. The number of benzene rings is 2. The first-order chi connectivity index (χ1) is 14.9. The van der Waals surface area contributed by atoms with Crippen LogP contribution in [0.15, 0.2) is 35.7 Å². The third-order valence-electron chi connectivity index (χ3n) is 6.93. The van der Waals surface area contributed by atoms with E-state index in [1.807, 2.05) is 18.2 Å². The van der Waals surface area contributed by atoms with Crippen LogP contribution in [0.1, 0.15) is 47.6 Å². The molecule has 0 unspecified atom stereocenters. The van der Waals surface area contributed by atoms with Crippen LogP contribution in [0.3, 0.4) is 0 Å². The van der Waals surface area contributed by atoms with Crippen molar-refractivity contribution in [1.29, 1.82) is 0 Å². The van der Waals surface area contributed by atoms with Crippen molar-refractivity contribution in [2.45, 2.75) is 37.5 Å². The van der Waals surface area contributed by atoms with Gasteiger partial charge in [0.15, 0.2) is 11.5 Å². The Morgan fingerprint density at radius 1 is 1.13 bits per heavy atom. The molecule has 5 heteroatoms. The number of ether oxygens (including phenoxy) is 3. The molecule has 0 radical (unpaired) electrons. The molecular weight excluding hydrogens is 411 g/mol. The molecule has 5 rings (SSSR count). The summed E-state index contributed by atoms with van der Waals surface area (Å²) < 4.78 is 31.2. The minimum atomic E-state index is 0.0302. The molecule has 3 aliphatic rings. The maximum atomic E-state index is 14.0. The molecule has 1 heterocycles. The number of allylic oxidation sites excluding steroid dienone is 2. The number of halogens is 1. The lowest BCUT2D eigenvalue weighted by Gasteiger charge is -2.41. The van der Waals surface area contributed by atoms with Crippen molar-refractivity contribution in [2.24, 2.45) is 11.3 Å². The summed E-state index contributed by atoms with van der Waals surface area (Å²) in [4.78, 5) is 0.713. The highest BCUT2D eigenvalue weighted by Gasteiger charge is 2.40. The van der Waals surface area contributed by atoms with Crippen molar-refractivity contribution in [3.05, 3.63) is 58.7 Å². The van der Waals surface area contributed by atoms with Crippen molar-refractivity contribution in [3.63, 3.8) is 0 Å². The average Bonchev–Trinajstić information content (AvgIpc) is 2.76. The Bertz CT molecular complexity index is 1120. The number of fused-ring (bicyclic) bond motifs is 6. The Balaban J connectivity index is 1.65. The van der Waals surface area contributed by atoms with Crippen LogP contribution >= 0.6 is 12.1 Å². The van der Waals surface area contributed by atoms with Gasteiger partial charge >= 0.3 is 0 Å². The molecule has 2 aromatic carbocycles. The van der Waals surface area contributed by atoms with Gasteiger partial charge in [-0.25, -0.2) is 0 Å². The Hall–Kier alpha value is -2.40. The average molecular weight is 439 g/mol. The van der Waals surface area contributed by atoms with Gasteiger partial charge in [-0.2, -0.15) is 3.89 Å². The largest absolute Gasteiger partial charge is 0.493 e. The lowest BCUT2D eigenvalue weighted by Crippen LogP contribution is -2.33. The minimum absolute atomic E-state index is 0.0302. The number of hydrogen-bond acceptors (Lipinski definition) is 4. The second-order valence-corrected chi connectivity index (χ2v) is 9.99. The normalized spacial score (nSPS) is 22.5. The molecule has 31 heavy (non-hydrogen) atoms. The van der Waals surface area contributed by atoms with E-state index < -0.39 is 0 Å². The second-order valence-electron chi connectivity index (χ2n) is 9.39. The number of rotatable bonds is 3. The van der Waals surface area contributed by atoms with E-state index in [1.165, 1.54) is 11.1 Å². The van der Waals surface area contributed by atoms with Gasteiger partial charge < -0.3 is 14.2 Å². The van der Waals surface area contributed by atoms with E-state index in [9.17, 15) is 3.89 Å². The Morgan fingerprint density at radius 2 is 1.87 bits per heavy atom. The zero-order chi connectivity index (χ0) is 21.9. The van der Waals surface area contributed by atoms with Gasteiger partial charge in [-0.05, 0) is 58.2 Å². The van der Waals surface area contributed by atoms with E-state index >= 15 is 0 Å². The van der Waals surface area contributed by atoms with Gasteiger partial charge in [0.05, 0.1) is 33.0 Å². The van der Waals surface area contributed by atoms with Gasteiger partial charge in [0, 0.05) is 28.4 Å². The lowest BCUT2D eigenvalue weighted by atomic mass is 9.66. The molecule has 0 amide bonds.